The molecular weight excluding hydrogens is 217 g/mol. The standard InChI is InChI=1S/C16H10BN/c17-13-9-10-5-1-2-6-11(10)15-12-7-3-4-8-14(12)18-16(13)15/h1-9,18H. The van der Waals surface area contributed by atoms with E-state index >= 15 is 0 Å². The van der Waals surface area contributed by atoms with Crippen molar-refractivity contribution < 1.29 is 0 Å². The highest BCUT2D eigenvalue weighted by Crippen LogP contribution is 2.30. The quantitative estimate of drug-likeness (QED) is 0.444. The van der Waals surface area contributed by atoms with Crippen molar-refractivity contribution in [3.05, 3.63) is 54.6 Å². The smallest absolute Gasteiger partial charge is 0.116 e. The number of fused-ring (bicyclic) bond motifs is 5. The largest absolute Gasteiger partial charge is 0.355 e. The Labute approximate surface area is 106 Å². The number of aromatic nitrogens is 1. The Kier molecular flexibility index (Phi) is 1.84. The molecule has 82 valence electrons. The molecule has 0 bridgehead atoms. The van der Waals surface area contributed by atoms with Gasteiger partial charge in [0.1, 0.15) is 7.85 Å². The number of nitrogens with one attached hydrogen (secondary N) is 1. The van der Waals surface area contributed by atoms with Crippen molar-refractivity contribution in [3.63, 3.8) is 0 Å². The van der Waals surface area contributed by atoms with Crippen LogP contribution in [0.4, 0.5) is 0 Å². The van der Waals surface area contributed by atoms with Crippen molar-refractivity contribution in [1.29, 1.82) is 0 Å². The number of hydrogen-bond donors (Lipinski definition) is 1. The van der Waals surface area contributed by atoms with E-state index in [9.17, 15) is 0 Å². The Morgan fingerprint density at radius 1 is 0.833 bits per heavy atom. The van der Waals surface area contributed by atoms with E-state index in [1.807, 2.05) is 18.2 Å². The maximum Gasteiger partial charge on any atom is 0.116 e. The number of aromatic amines is 1. The van der Waals surface area contributed by atoms with E-state index < -0.39 is 0 Å². The summed E-state index contributed by atoms with van der Waals surface area (Å²) in [6.45, 7) is 0. The highest BCUT2D eigenvalue weighted by molar-refractivity contribution is 6.42. The molecular formula is C16H10BN. The Morgan fingerprint density at radius 3 is 2.44 bits per heavy atom. The lowest BCUT2D eigenvalue weighted by Crippen LogP contribution is -2.03. The van der Waals surface area contributed by atoms with E-state index in [0.717, 1.165) is 16.5 Å². The molecule has 1 N–H and O–H groups in total. The molecule has 3 aromatic carbocycles. The third-order valence-corrected chi connectivity index (χ3v) is 3.54. The SMILES string of the molecule is [B]c1cc2ccccc2c2c1[nH]c1ccccc12. The first-order valence-corrected chi connectivity index (χ1v) is 6.02. The van der Waals surface area contributed by atoms with Gasteiger partial charge in [0.2, 0.25) is 0 Å². The van der Waals surface area contributed by atoms with Gasteiger partial charge in [-0.1, -0.05) is 54.0 Å². The maximum absolute atomic E-state index is 6.15. The van der Waals surface area contributed by atoms with Gasteiger partial charge in [0.05, 0.1) is 0 Å². The van der Waals surface area contributed by atoms with Gasteiger partial charge >= 0.3 is 0 Å². The molecule has 18 heavy (non-hydrogen) atoms. The normalized spacial score (nSPS) is 11.6. The summed E-state index contributed by atoms with van der Waals surface area (Å²) in [5, 5.41) is 4.89. The van der Waals surface area contributed by atoms with E-state index in [4.69, 9.17) is 7.85 Å². The summed E-state index contributed by atoms with van der Waals surface area (Å²) >= 11 is 0. The van der Waals surface area contributed by atoms with Crippen LogP contribution in [0.3, 0.4) is 0 Å². The van der Waals surface area contributed by atoms with E-state index in [1.165, 1.54) is 21.5 Å². The van der Waals surface area contributed by atoms with Gasteiger partial charge in [-0.25, -0.2) is 0 Å². The van der Waals surface area contributed by atoms with Crippen molar-refractivity contribution in [1.82, 2.24) is 4.98 Å². The number of rotatable bonds is 0. The van der Waals surface area contributed by atoms with Crippen molar-refractivity contribution in [2.75, 3.05) is 0 Å². The summed E-state index contributed by atoms with van der Waals surface area (Å²) in [5.41, 5.74) is 2.98. The Hall–Kier alpha value is -2.22. The molecule has 0 amide bonds. The van der Waals surface area contributed by atoms with Gasteiger partial charge in [0.25, 0.3) is 0 Å². The van der Waals surface area contributed by atoms with Crippen LogP contribution < -0.4 is 5.46 Å². The van der Waals surface area contributed by atoms with Crippen LogP contribution >= 0.6 is 0 Å². The van der Waals surface area contributed by atoms with Crippen molar-refractivity contribution in [3.8, 4) is 0 Å². The number of hydrogen-bond acceptors (Lipinski definition) is 0. The van der Waals surface area contributed by atoms with Crippen LogP contribution in [0.15, 0.2) is 54.6 Å². The Balaban J connectivity index is 2.41. The van der Waals surface area contributed by atoms with Gasteiger partial charge < -0.3 is 4.98 Å². The van der Waals surface area contributed by atoms with Crippen molar-refractivity contribution in [2.45, 2.75) is 0 Å². The molecule has 1 heterocycles. The monoisotopic (exact) mass is 227 g/mol. The van der Waals surface area contributed by atoms with Crippen LogP contribution in [-0.4, -0.2) is 12.8 Å². The van der Waals surface area contributed by atoms with Crippen LogP contribution in [0, 0.1) is 0 Å². The van der Waals surface area contributed by atoms with E-state index in [-0.39, 0.29) is 0 Å². The summed E-state index contributed by atoms with van der Waals surface area (Å²) in [6, 6.07) is 18.7. The zero-order valence-electron chi connectivity index (χ0n) is 9.77. The number of benzene rings is 3. The van der Waals surface area contributed by atoms with Gasteiger partial charge in [0.15, 0.2) is 0 Å². The highest BCUT2D eigenvalue weighted by atomic mass is 14.7. The molecule has 0 unspecified atom stereocenters. The maximum atomic E-state index is 6.15. The van der Waals surface area contributed by atoms with E-state index in [2.05, 4.69) is 41.4 Å². The summed E-state index contributed by atoms with van der Waals surface area (Å²) in [7, 11) is 6.15. The first kappa shape index (κ1) is 9.78. The number of H-pyrrole nitrogens is 1. The minimum absolute atomic E-state index is 0.805. The van der Waals surface area contributed by atoms with Gasteiger partial charge in [-0.15, -0.1) is 0 Å². The zero-order valence-corrected chi connectivity index (χ0v) is 9.77. The Morgan fingerprint density at radius 2 is 1.56 bits per heavy atom. The molecule has 0 spiro atoms. The molecule has 0 aliphatic carbocycles. The van der Waals surface area contributed by atoms with Crippen LogP contribution in [0.5, 0.6) is 0 Å². The first-order chi connectivity index (χ1) is 8.84. The molecule has 4 aromatic rings. The summed E-state index contributed by atoms with van der Waals surface area (Å²) in [5.74, 6) is 0. The molecule has 1 aromatic heterocycles. The van der Waals surface area contributed by atoms with Crippen LogP contribution in [0.1, 0.15) is 0 Å². The lowest BCUT2D eigenvalue weighted by molar-refractivity contribution is 1.56. The first-order valence-electron chi connectivity index (χ1n) is 6.02. The van der Waals surface area contributed by atoms with Crippen LogP contribution in [0.2, 0.25) is 0 Å². The van der Waals surface area contributed by atoms with Gasteiger partial charge in [0, 0.05) is 21.8 Å². The van der Waals surface area contributed by atoms with Gasteiger partial charge in [-0.3, -0.25) is 0 Å². The van der Waals surface area contributed by atoms with Crippen molar-refractivity contribution in [2.24, 2.45) is 0 Å². The zero-order chi connectivity index (χ0) is 12.1. The molecule has 2 radical (unpaired) electrons. The summed E-state index contributed by atoms with van der Waals surface area (Å²) in [6.07, 6.45) is 0. The molecule has 4 rings (SSSR count). The minimum atomic E-state index is 0.805. The molecule has 0 saturated carbocycles. The second-order valence-corrected chi connectivity index (χ2v) is 4.61. The predicted octanol–water partition coefficient (Wildman–Crippen LogP) is 3.27. The summed E-state index contributed by atoms with van der Waals surface area (Å²) < 4.78 is 0. The molecule has 0 aliphatic heterocycles. The fourth-order valence-electron chi connectivity index (χ4n) is 2.73. The van der Waals surface area contributed by atoms with E-state index in [0.29, 0.717) is 0 Å². The van der Waals surface area contributed by atoms with Gasteiger partial charge in [-0.2, -0.15) is 0 Å². The van der Waals surface area contributed by atoms with Gasteiger partial charge in [-0.05, 0) is 16.8 Å². The molecule has 1 nitrogen and oxygen atoms in total. The second-order valence-electron chi connectivity index (χ2n) is 4.61. The second kappa shape index (κ2) is 3.39. The molecule has 0 saturated heterocycles. The Bertz CT molecular complexity index is 889. The molecule has 0 aliphatic rings. The minimum Gasteiger partial charge on any atom is -0.355 e. The van der Waals surface area contributed by atoms with Crippen LogP contribution in [-0.2, 0) is 0 Å². The lowest BCUT2D eigenvalue weighted by Gasteiger charge is -2.03. The average molecular weight is 227 g/mol. The topological polar surface area (TPSA) is 15.8 Å². The van der Waals surface area contributed by atoms with Crippen LogP contribution in [0.25, 0.3) is 32.6 Å². The average Bonchev–Trinajstić information content (AvgIpc) is 2.79. The lowest BCUT2D eigenvalue weighted by atomic mass is 9.90. The molecule has 0 fully saturated rings. The van der Waals surface area contributed by atoms with E-state index in [1.54, 1.807) is 0 Å². The molecule has 2 heteroatoms. The van der Waals surface area contributed by atoms with Crippen molar-refractivity contribution >= 4 is 45.9 Å². The third-order valence-electron chi connectivity index (χ3n) is 3.54. The third kappa shape index (κ3) is 1.18. The number of para-hydroxylation sites is 1. The highest BCUT2D eigenvalue weighted by Gasteiger charge is 2.09. The molecule has 0 atom stereocenters. The fourth-order valence-corrected chi connectivity index (χ4v) is 2.73. The fraction of sp³-hybridized carbons (Fsp3) is 0. The summed E-state index contributed by atoms with van der Waals surface area (Å²) in [4.78, 5) is 3.41. The predicted molar refractivity (Wildman–Crippen MR) is 78.7 cm³/mol.